The van der Waals surface area contributed by atoms with Crippen LogP contribution in [0.25, 0.3) is 0 Å². The molecule has 182 valence electrons. The molecule has 0 saturated heterocycles. The summed E-state index contributed by atoms with van der Waals surface area (Å²) in [5.41, 5.74) is -0.788. The highest BCUT2D eigenvalue weighted by atomic mass is 16.6. The lowest BCUT2D eigenvalue weighted by Gasteiger charge is -2.33. The van der Waals surface area contributed by atoms with Gasteiger partial charge < -0.3 is 35.2 Å². The monoisotopic (exact) mass is 465 g/mol. The van der Waals surface area contributed by atoms with E-state index < -0.39 is 54.7 Å². The van der Waals surface area contributed by atoms with Crippen molar-refractivity contribution in [2.75, 3.05) is 26.8 Å². The second-order valence-electron chi connectivity index (χ2n) is 7.92. The number of rotatable bonds is 10. The first-order chi connectivity index (χ1) is 15.4. The number of aromatic hydroxyl groups is 1. The maximum absolute atomic E-state index is 13.3. The average Bonchev–Trinajstić information content (AvgIpc) is 2.74. The summed E-state index contributed by atoms with van der Waals surface area (Å²) in [6.07, 6.45) is 0.392. The molecule has 2 atom stereocenters. The summed E-state index contributed by atoms with van der Waals surface area (Å²) in [7, 11) is 1.15. The van der Waals surface area contributed by atoms with Gasteiger partial charge in [0.2, 0.25) is 11.8 Å². The van der Waals surface area contributed by atoms with E-state index in [1.54, 1.807) is 26.8 Å². The predicted octanol–water partition coefficient (Wildman–Crippen LogP) is 0.623. The van der Waals surface area contributed by atoms with Crippen LogP contribution >= 0.6 is 0 Å². The molecule has 0 bridgehead atoms. The number of ether oxygens (including phenoxy) is 2. The third-order valence-electron chi connectivity index (χ3n) is 4.21. The second kappa shape index (κ2) is 12.4. The van der Waals surface area contributed by atoms with E-state index in [2.05, 4.69) is 21.9 Å². The summed E-state index contributed by atoms with van der Waals surface area (Å²) in [6.45, 7) is 7.03. The lowest BCUT2D eigenvalue weighted by Crippen LogP contribution is -2.54. The van der Waals surface area contributed by atoms with E-state index >= 15 is 0 Å². The summed E-state index contributed by atoms with van der Waals surface area (Å²) < 4.78 is 9.64. The normalized spacial score (nSPS) is 12.6. The highest BCUT2D eigenvalue weighted by Crippen LogP contribution is 2.29. The smallest absolute Gasteiger partial charge is 0.408 e. The maximum Gasteiger partial charge on any atom is 0.408 e. The van der Waals surface area contributed by atoms with Crippen LogP contribution in [0.5, 0.6) is 5.75 Å². The molecule has 0 heterocycles. The molecular weight excluding hydrogens is 434 g/mol. The fourth-order valence-electron chi connectivity index (χ4n) is 2.79. The van der Waals surface area contributed by atoms with Gasteiger partial charge in [0, 0.05) is 12.1 Å². The lowest BCUT2D eigenvalue weighted by molar-refractivity contribution is -0.144. The van der Waals surface area contributed by atoms with Gasteiger partial charge in [0.25, 0.3) is 0 Å². The van der Waals surface area contributed by atoms with Crippen LogP contribution in [0.4, 0.5) is 4.79 Å². The number of methoxy groups -OCH3 is 1. The number of phenolic OH excluding ortho intramolecular Hbond substituents is 1. The van der Waals surface area contributed by atoms with Gasteiger partial charge in [-0.3, -0.25) is 14.4 Å². The number of nitrogens with one attached hydrogen (secondary N) is 2. The molecule has 0 aromatic heterocycles. The van der Waals surface area contributed by atoms with Crippen molar-refractivity contribution < 1.29 is 38.9 Å². The largest absolute Gasteiger partial charge is 0.508 e. The molecule has 2 unspecified atom stereocenters. The zero-order valence-corrected chi connectivity index (χ0v) is 19.2. The quantitative estimate of drug-likeness (QED) is 0.290. The lowest BCUT2D eigenvalue weighted by atomic mass is 10.0. The van der Waals surface area contributed by atoms with E-state index in [0.717, 1.165) is 12.0 Å². The SMILES string of the molecule is C=CCN(C(=O)C(CO)NC(=O)OC(C)(C)C)C(C(=O)NCC(=O)OC)c1ccccc1O. The molecule has 1 rings (SSSR count). The van der Waals surface area contributed by atoms with E-state index in [1.807, 2.05) is 0 Å². The molecule has 33 heavy (non-hydrogen) atoms. The van der Waals surface area contributed by atoms with Gasteiger partial charge in [0.1, 0.15) is 30.0 Å². The van der Waals surface area contributed by atoms with Crippen molar-refractivity contribution in [1.29, 1.82) is 0 Å². The fraction of sp³-hybridized carbons (Fsp3) is 0.455. The summed E-state index contributed by atoms with van der Waals surface area (Å²) in [4.78, 5) is 50.9. The number of carbonyl (C=O) groups is 4. The highest BCUT2D eigenvalue weighted by molar-refractivity contribution is 5.93. The summed E-state index contributed by atoms with van der Waals surface area (Å²) in [5.74, 6) is -2.64. The first-order valence-corrected chi connectivity index (χ1v) is 10.1. The van der Waals surface area contributed by atoms with Crippen LogP contribution in [0.3, 0.4) is 0 Å². The highest BCUT2D eigenvalue weighted by Gasteiger charge is 2.36. The van der Waals surface area contributed by atoms with Crippen LogP contribution in [0.2, 0.25) is 0 Å². The molecule has 1 aromatic carbocycles. The van der Waals surface area contributed by atoms with E-state index in [-0.39, 0.29) is 17.9 Å². The van der Waals surface area contributed by atoms with E-state index in [0.29, 0.717) is 0 Å². The van der Waals surface area contributed by atoms with E-state index in [1.165, 1.54) is 24.3 Å². The summed E-state index contributed by atoms with van der Waals surface area (Å²) >= 11 is 0. The van der Waals surface area contributed by atoms with Crippen LogP contribution in [0.15, 0.2) is 36.9 Å². The first-order valence-electron chi connectivity index (χ1n) is 10.1. The van der Waals surface area contributed by atoms with Gasteiger partial charge in [-0.25, -0.2) is 4.79 Å². The van der Waals surface area contributed by atoms with Crippen LogP contribution in [-0.2, 0) is 23.9 Å². The molecule has 0 radical (unpaired) electrons. The van der Waals surface area contributed by atoms with Gasteiger partial charge in [-0.2, -0.15) is 0 Å². The number of benzene rings is 1. The Bertz CT molecular complexity index is 865. The Morgan fingerprint density at radius 2 is 1.85 bits per heavy atom. The Labute approximate surface area is 192 Å². The number of para-hydroxylation sites is 1. The Morgan fingerprint density at radius 3 is 2.36 bits per heavy atom. The number of aliphatic hydroxyl groups excluding tert-OH is 1. The minimum Gasteiger partial charge on any atom is -0.508 e. The van der Waals surface area contributed by atoms with Gasteiger partial charge in [-0.1, -0.05) is 24.3 Å². The minimum atomic E-state index is -1.46. The molecule has 0 aliphatic rings. The standard InChI is InChI=1S/C22H31N3O8/c1-6-11-25(20(30)15(13-26)24-21(31)33-22(2,3)4)18(14-9-7-8-10-16(14)27)19(29)23-12-17(28)32-5/h6-10,15,18,26-27H,1,11-13H2,2-5H3,(H,23,29)(H,24,31). The molecule has 0 fully saturated rings. The zero-order chi connectivity index (χ0) is 25.2. The number of hydrogen-bond acceptors (Lipinski definition) is 8. The predicted molar refractivity (Wildman–Crippen MR) is 118 cm³/mol. The number of phenols is 1. The minimum absolute atomic E-state index is 0.0593. The first kappa shape index (κ1) is 27.4. The number of nitrogens with zero attached hydrogens (tertiary/aromatic N) is 1. The Hall–Kier alpha value is -3.60. The summed E-state index contributed by atoms with van der Waals surface area (Å²) in [5, 5.41) is 24.7. The van der Waals surface area contributed by atoms with Crippen molar-refractivity contribution in [3.63, 3.8) is 0 Å². The number of hydrogen-bond donors (Lipinski definition) is 4. The average molecular weight is 466 g/mol. The molecule has 11 heteroatoms. The molecule has 4 N–H and O–H groups in total. The van der Waals surface area contributed by atoms with E-state index in [4.69, 9.17) is 4.74 Å². The number of aliphatic hydroxyl groups is 1. The van der Waals surface area contributed by atoms with Crippen LogP contribution in [0, 0.1) is 0 Å². The topological polar surface area (TPSA) is 154 Å². The number of esters is 1. The molecule has 0 aliphatic heterocycles. The molecule has 3 amide bonds. The van der Waals surface area contributed by atoms with Gasteiger partial charge in [0.05, 0.1) is 13.7 Å². The third kappa shape index (κ3) is 8.45. The Kier molecular flexibility index (Phi) is 10.3. The van der Waals surface area contributed by atoms with Crippen LogP contribution < -0.4 is 10.6 Å². The second-order valence-corrected chi connectivity index (χ2v) is 7.92. The maximum atomic E-state index is 13.3. The molecule has 0 aliphatic carbocycles. The van der Waals surface area contributed by atoms with Crippen molar-refractivity contribution in [3.05, 3.63) is 42.5 Å². The molecular formula is C22H31N3O8. The van der Waals surface area contributed by atoms with Crippen molar-refractivity contribution in [1.82, 2.24) is 15.5 Å². The number of alkyl carbamates (subject to hydrolysis) is 1. The molecule has 11 nitrogen and oxygen atoms in total. The van der Waals surface area contributed by atoms with Crippen molar-refractivity contribution in [2.24, 2.45) is 0 Å². The Balaban J connectivity index is 3.33. The van der Waals surface area contributed by atoms with E-state index in [9.17, 15) is 29.4 Å². The van der Waals surface area contributed by atoms with Gasteiger partial charge in [-0.05, 0) is 26.8 Å². The van der Waals surface area contributed by atoms with Crippen LogP contribution in [0.1, 0.15) is 32.4 Å². The molecule has 0 spiro atoms. The number of amides is 3. The van der Waals surface area contributed by atoms with Crippen LogP contribution in [-0.4, -0.2) is 77.4 Å². The van der Waals surface area contributed by atoms with Gasteiger partial charge in [0.15, 0.2) is 0 Å². The molecule has 1 aromatic rings. The van der Waals surface area contributed by atoms with Gasteiger partial charge >= 0.3 is 12.1 Å². The zero-order valence-electron chi connectivity index (χ0n) is 19.2. The Morgan fingerprint density at radius 1 is 1.21 bits per heavy atom. The number of carbonyl (C=O) groups excluding carboxylic acids is 4. The van der Waals surface area contributed by atoms with Crippen molar-refractivity contribution in [3.8, 4) is 5.75 Å². The van der Waals surface area contributed by atoms with Gasteiger partial charge in [-0.15, -0.1) is 6.58 Å². The third-order valence-corrected chi connectivity index (χ3v) is 4.21. The summed E-state index contributed by atoms with van der Waals surface area (Å²) in [6, 6.07) is 2.96. The van der Waals surface area contributed by atoms with Crippen molar-refractivity contribution in [2.45, 2.75) is 38.5 Å². The fourth-order valence-corrected chi connectivity index (χ4v) is 2.79. The van der Waals surface area contributed by atoms with Crippen molar-refractivity contribution >= 4 is 23.9 Å². The molecule has 0 saturated carbocycles.